The first-order valence-corrected chi connectivity index (χ1v) is 12.6. The lowest BCUT2D eigenvalue weighted by molar-refractivity contribution is 0.0783. The van der Waals surface area contributed by atoms with Crippen LogP contribution in [-0.4, -0.2) is 55.2 Å². The quantitative estimate of drug-likeness (QED) is 0.301. The number of fused-ring (bicyclic) bond motifs is 2. The van der Waals surface area contributed by atoms with Crippen molar-refractivity contribution in [3.05, 3.63) is 77.2 Å². The summed E-state index contributed by atoms with van der Waals surface area (Å²) in [7, 11) is 3.37. The lowest BCUT2D eigenvalue weighted by Crippen LogP contribution is -2.27. The van der Waals surface area contributed by atoms with Crippen molar-refractivity contribution in [1.29, 1.82) is 0 Å². The molecule has 9 nitrogen and oxygen atoms in total. The third kappa shape index (κ3) is 4.26. The number of aromatic amines is 2. The van der Waals surface area contributed by atoms with Crippen LogP contribution < -0.4 is 4.74 Å². The van der Waals surface area contributed by atoms with E-state index in [9.17, 15) is 9.90 Å². The highest BCUT2D eigenvalue weighted by molar-refractivity contribution is 5.97. The molecule has 0 fully saturated rings. The molecule has 5 aromatic rings. The monoisotopic (exact) mass is 508 g/mol. The van der Waals surface area contributed by atoms with E-state index in [1.807, 2.05) is 30.3 Å². The fourth-order valence-corrected chi connectivity index (χ4v) is 5.13. The van der Waals surface area contributed by atoms with Gasteiger partial charge in [-0.2, -0.15) is 5.10 Å². The molecule has 0 saturated heterocycles. The highest BCUT2D eigenvalue weighted by Crippen LogP contribution is 2.36. The molecule has 3 N–H and O–H groups in total. The molecule has 0 unspecified atom stereocenters. The summed E-state index contributed by atoms with van der Waals surface area (Å²) in [6.07, 6.45) is 6.03. The first kappa shape index (κ1) is 23.7. The first-order chi connectivity index (χ1) is 18.5. The largest absolute Gasteiger partial charge is 0.507 e. The van der Waals surface area contributed by atoms with E-state index >= 15 is 0 Å². The fraction of sp³-hybridized carbons (Fsp3) is 0.241. The van der Waals surface area contributed by atoms with Gasteiger partial charge in [-0.15, -0.1) is 0 Å². The predicted molar refractivity (Wildman–Crippen MR) is 144 cm³/mol. The van der Waals surface area contributed by atoms with Gasteiger partial charge in [0.15, 0.2) is 0 Å². The average Bonchev–Trinajstić information content (AvgIpc) is 3.56. The molecule has 3 heterocycles. The number of nitrogens with one attached hydrogen (secondary N) is 2. The number of phenols is 1. The Labute approximate surface area is 219 Å². The van der Waals surface area contributed by atoms with Crippen molar-refractivity contribution >= 4 is 16.9 Å². The standard InChI is InChI=1S/C29H28N6O3/c1-35(16-25-20-6-3-4-8-22(20)33-34-25)29(37)18-9-11-23-24(15-18)32-27(31-23)21-14-17(10-12-26(21)36)19-7-5-13-30-28(19)38-2/h5,7,9-15,36H,3-4,6,8,16H2,1-2H3,(H,31,32)(H,33,34). The molecule has 0 aliphatic heterocycles. The van der Waals surface area contributed by atoms with Crippen LogP contribution in [0, 0.1) is 0 Å². The molecular weight excluding hydrogens is 480 g/mol. The van der Waals surface area contributed by atoms with E-state index in [1.54, 1.807) is 43.5 Å². The minimum Gasteiger partial charge on any atom is -0.507 e. The van der Waals surface area contributed by atoms with Crippen LogP contribution in [0.4, 0.5) is 0 Å². The summed E-state index contributed by atoms with van der Waals surface area (Å²) in [6.45, 7) is 0.454. The number of aromatic hydroxyl groups is 1. The molecule has 1 aliphatic carbocycles. The van der Waals surface area contributed by atoms with Gasteiger partial charge in [0.25, 0.3) is 5.91 Å². The van der Waals surface area contributed by atoms with Crippen LogP contribution in [-0.2, 0) is 19.4 Å². The van der Waals surface area contributed by atoms with Crippen LogP contribution in [0.5, 0.6) is 11.6 Å². The summed E-state index contributed by atoms with van der Waals surface area (Å²) in [5.74, 6) is 0.998. The number of rotatable bonds is 6. The fourth-order valence-electron chi connectivity index (χ4n) is 5.13. The van der Waals surface area contributed by atoms with E-state index in [0.29, 0.717) is 40.4 Å². The van der Waals surface area contributed by atoms with Crippen LogP contribution in [0.3, 0.4) is 0 Å². The maximum absolute atomic E-state index is 13.3. The minimum atomic E-state index is -0.0934. The lowest BCUT2D eigenvalue weighted by Gasteiger charge is -2.18. The van der Waals surface area contributed by atoms with Gasteiger partial charge in [0.1, 0.15) is 11.6 Å². The summed E-state index contributed by atoms with van der Waals surface area (Å²) in [5, 5.41) is 18.3. The Morgan fingerprint density at radius 2 is 1.97 bits per heavy atom. The number of pyridine rings is 1. The molecular formula is C29H28N6O3. The topological polar surface area (TPSA) is 120 Å². The number of hydrogen-bond acceptors (Lipinski definition) is 6. The van der Waals surface area contributed by atoms with Crippen molar-refractivity contribution in [2.45, 2.75) is 32.2 Å². The number of H-pyrrole nitrogens is 2. The van der Waals surface area contributed by atoms with Gasteiger partial charge in [0.05, 0.1) is 35.9 Å². The number of aryl methyl sites for hydroxylation is 1. The second kappa shape index (κ2) is 9.66. The Hall–Kier alpha value is -4.66. The third-order valence-corrected chi connectivity index (χ3v) is 7.13. The van der Waals surface area contributed by atoms with E-state index in [4.69, 9.17) is 4.74 Å². The molecule has 0 bridgehead atoms. The van der Waals surface area contributed by atoms with E-state index in [1.165, 1.54) is 17.7 Å². The van der Waals surface area contributed by atoms with Gasteiger partial charge >= 0.3 is 0 Å². The number of imidazole rings is 1. The number of ether oxygens (including phenoxy) is 1. The number of carbonyl (C=O) groups excluding carboxylic acids is 1. The summed E-state index contributed by atoms with van der Waals surface area (Å²) in [5.41, 5.74) is 7.55. The maximum atomic E-state index is 13.3. The van der Waals surface area contributed by atoms with Gasteiger partial charge in [-0.25, -0.2) is 9.97 Å². The summed E-state index contributed by atoms with van der Waals surface area (Å²) in [6, 6.07) is 14.4. The average molecular weight is 509 g/mol. The zero-order valence-electron chi connectivity index (χ0n) is 21.3. The van der Waals surface area contributed by atoms with Crippen LogP contribution in [0.25, 0.3) is 33.5 Å². The van der Waals surface area contributed by atoms with Crippen LogP contribution in [0.2, 0.25) is 0 Å². The zero-order valence-corrected chi connectivity index (χ0v) is 21.3. The zero-order chi connectivity index (χ0) is 26.2. The van der Waals surface area contributed by atoms with E-state index < -0.39 is 0 Å². The SMILES string of the molecule is COc1ncccc1-c1ccc(O)c(-c2nc3ccc(C(=O)N(C)Cc4n[nH]c5c4CCCC5)cc3[nH]2)c1. The van der Waals surface area contributed by atoms with Crippen molar-refractivity contribution in [3.63, 3.8) is 0 Å². The lowest BCUT2D eigenvalue weighted by atomic mass is 9.96. The van der Waals surface area contributed by atoms with Gasteiger partial charge in [-0.05, 0) is 79.3 Å². The Morgan fingerprint density at radius 3 is 2.84 bits per heavy atom. The Bertz CT molecular complexity index is 1650. The van der Waals surface area contributed by atoms with Gasteiger partial charge in [0, 0.05) is 30.1 Å². The highest BCUT2D eigenvalue weighted by atomic mass is 16.5. The smallest absolute Gasteiger partial charge is 0.254 e. The summed E-state index contributed by atoms with van der Waals surface area (Å²) < 4.78 is 5.40. The summed E-state index contributed by atoms with van der Waals surface area (Å²) >= 11 is 0. The predicted octanol–water partition coefficient (Wildman–Crippen LogP) is 4.88. The number of carbonyl (C=O) groups is 1. The molecule has 3 aromatic heterocycles. The molecule has 0 radical (unpaired) electrons. The minimum absolute atomic E-state index is 0.0917. The normalized spacial score (nSPS) is 12.9. The number of phenolic OH excluding ortho intramolecular Hbond substituents is 1. The van der Waals surface area contributed by atoms with Crippen molar-refractivity contribution in [1.82, 2.24) is 30.0 Å². The second-order valence-corrected chi connectivity index (χ2v) is 9.61. The van der Waals surface area contributed by atoms with Crippen molar-refractivity contribution in [3.8, 4) is 34.1 Å². The molecule has 6 rings (SSSR count). The molecule has 1 amide bonds. The number of aromatic nitrogens is 5. The van der Waals surface area contributed by atoms with Crippen molar-refractivity contribution < 1.29 is 14.6 Å². The number of hydrogen-bond donors (Lipinski definition) is 3. The Kier molecular flexibility index (Phi) is 6.03. The molecule has 2 aromatic carbocycles. The molecule has 1 aliphatic rings. The van der Waals surface area contributed by atoms with Gasteiger partial charge < -0.3 is 19.7 Å². The Balaban J connectivity index is 1.28. The number of methoxy groups -OCH3 is 1. The molecule has 192 valence electrons. The van der Waals surface area contributed by atoms with Crippen molar-refractivity contribution in [2.24, 2.45) is 0 Å². The second-order valence-electron chi connectivity index (χ2n) is 9.61. The Morgan fingerprint density at radius 1 is 1.11 bits per heavy atom. The van der Waals surface area contributed by atoms with Crippen molar-refractivity contribution in [2.75, 3.05) is 14.2 Å². The molecule has 38 heavy (non-hydrogen) atoms. The van der Waals surface area contributed by atoms with E-state index in [-0.39, 0.29) is 11.7 Å². The first-order valence-electron chi connectivity index (χ1n) is 12.6. The maximum Gasteiger partial charge on any atom is 0.254 e. The third-order valence-electron chi connectivity index (χ3n) is 7.13. The number of amides is 1. The van der Waals surface area contributed by atoms with E-state index in [2.05, 4.69) is 25.1 Å². The summed E-state index contributed by atoms with van der Waals surface area (Å²) in [4.78, 5) is 27.2. The highest BCUT2D eigenvalue weighted by Gasteiger charge is 2.21. The van der Waals surface area contributed by atoms with Gasteiger partial charge in [-0.1, -0.05) is 6.07 Å². The number of nitrogens with zero attached hydrogens (tertiary/aromatic N) is 4. The van der Waals surface area contributed by atoms with Gasteiger partial charge in [0.2, 0.25) is 5.88 Å². The van der Waals surface area contributed by atoms with E-state index in [0.717, 1.165) is 36.1 Å². The van der Waals surface area contributed by atoms with Crippen LogP contribution >= 0.6 is 0 Å². The molecule has 0 saturated carbocycles. The molecule has 0 spiro atoms. The number of benzene rings is 2. The van der Waals surface area contributed by atoms with Crippen LogP contribution in [0.1, 0.15) is 40.2 Å². The van der Waals surface area contributed by atoms with Crippen LogP contribution in [0.15, 0.2) is 54.7 Å². The molecule has 9 heteroatoms. The van der Waals surface area contributed by atoms with Gasteiger partial charge in [-0.3, -0.25) is 9.89 Å². The molecule has 0 atom stereocenters.